The molecule has 0 bridgehead atoms. The topological polar surface area (TPSA) is 52.7 Å². The van der Waals surface area contributed by atoms with Crippen molar-refractivity contribution in [2.45, 2.75) is 12.8 Å². The lowest BCUT2D eigenvalue weighted by atomic mass is 9.96. The van der Waals surface area contributed by atoms with Gasteiger partial charge in [-0.15, -0.1) is 0 Å². The summed E-state index contributed by atoms with van der Waals surface area (Å²) in [5, 5.41) is 2.70. The van der Waals surface area contributed by atoms with Crippen LogP contribution in [0, 0.1) is 5.92 Å². The lowest BCUT2D eigenvalue weighted by Gasteiger charge is -2.33. The maximum Gasteiger partial charge on any atom is 0.255 e. The third-order valence-corrected chi connectivity index (χ3v) is 4.97. The first kappa shape index (κ1) is 18.0. The third kappa shape index (κ3) is 3.72. The Morgan fingerprint density at radius 3 is 2.50 bits per heavy atom. The number of amides is 2. The molecule has 2 aromatic rings. The molecule has 0 saturated carbocycles. The molecule has 5 heteroatoms. The van der Waals surface area contributed by atoms with Crippen molar-refractivity contribution in [1.82, 2.24) is 10.2 Å². The molecule has 1 atom stereocenters. The number of rotatable bonds is 4. The molecule has 136 valence electrons. The Morgan fingerprint density at radius 1 is 1.08 bits per heavy atom. The summed E-state index contributed by atoms with van der Waals surface area (Å²) in [5.74, 6) is -0.133. The molecule has 2 aromatic carbocycles. The van der Waals surface area contributed by atoms with E-state index >= 15 is 0 Å². The monoisotopic (exact) mass is 351 g/mol. The van der Waals surface area contributed by atoms with E-state index in [-0.39, 0.29) is 17.7 Å². The number of carbonyl (C=O) groups excluding carboxylic acids is 2. The van der Waals surface area contributed by atoms with Crippen LogP contribution in [0.15, 0.2) is 54.6 Å². The van der Waals surface area contributed by atoms with Crippen molar-refractivity contribution in [2.24, 2.45) is 5.92 Å². The van der Waals surface area contributed by atoms with Crippen molar-refractivity contribution >= 4 is 23.2 Å². The van der Waals surface area contributed by atoms with Gasteiger partial charge in [-0.05, 0) is 37.1 Å². The van der Waals surface area contributed by atoms with Crippen molar-refractivity contribution in [1.29, 1.82) is 0 Å². The lowest BCUT2D eigenvalue weighted by molar-refractivity contribution is -0.125. The largest absolute Gasteiger partial charge is 0.359 e. The fourth-order valence-electron chi connectivity index (χ4n) is 3.49. The molecule has 1 heterocycles. The van der Waals surface area contributed by atoms with Crippen LogP contribution in [0.1, 0.15) is 23.2 Å². The van der Waals surface area contributed by atoms with Gasteiger partial charge in [-0.25, -0.2) is 0 Å². The van der Waals surface area contributed by atoms with Crippen molar-refractivity contribution < 1.29 is 9.59 Å². The van der Waals surface area contributed by atoms with Gasteiger partial charge < -0.3 is 15.1 Å². The average Bonchev–Trinajstić information content (AvgIpc) is 2.72. The molecule has 3 rings (SSSR count). The number of likely N-dealkylation sites (tertiary alicyclic amines) is 1. The van der Waals surface area contributed by atoms with Crippen LogP contribution in [0.5, 0.6) is 0 Å². The summed E-state index contributed by atoms with van der Waals surface area (Å²) in [6, 6.07) is 17.6. The second kappa shape index (κ2) is 8.04. The Balaban J connectivity index is 1.85. The molecule has 1 unspecified atom stereocenters. The molecule has 0 spiro atoms. The number of nitrogens with one attached hydrogen (secondary N) is 1. The van der Waals surface area contributed by atoms with Gasteiger partial charge in [0.05, 0.1) is 17.2 Å². The Bertz CT molecular complexity index is 776. The number of para-hydroxylation sites is 2. The molecule has 2 amide bonds. The highest BCUT2D eigenvalue weighted by Gasteiger charge is 2.29. The zero-order chi connectivity index (χ0) is 18.5. The van der Waals surface area contributed by atoms with Crippen LogP contribution in [0.3, 0.4) is 0 Å². The standard InChI is InChI=1S/C21H25N3O2/c1-22-20(25)16-9-8-14-24(15-16)21(26)18-12-6-7-13-19(18)23(2)17-10-4-3-5-11-17/h3-7,10-13,16H,8-9,14-15H2,1-2H3,(H,22,25). The molecular weight excluding hydrogens is 326 g/mol. The third-order valence-electron chi connectivity index (χ3n) is 4.97. The highest BCUT2D eigenvalue weighted by Crippen LogP contribution is 2.29. The Hall–Kier alpha value is -2.82. The van der Waals surface area contributed by atoms with Crippen LogP contribution >= 0.6 is 0 Å². The van der Waals surface area contributed by atoms with Gasteiger partial charge in [-0.1, -0.05) is 30.3 Å². The van der Waals surface area contributed by atoms with E-state index in [9.17, 15) is 9.59 Å². The number of piperidine rings is 1. The first-order chi connectivity index (χ1) is 12.6. The zero-order valence-corrected chi connectivity index (χ0v) is 15.3. The fourth-order valence-corrected chi connectivity index (χ4v) is 3.49. The molecule has 1 N–H and O–H groups in total. The number of anilines is 2. The molecule has 5 nitrogen and oxygen atoms in total. The van der Waals surface area contributed by atoms with Crippen LogP contribution < -0.4 is 10.2 Å². The highest BCUT2D eigenvalue weighted by molar-refractivity contribution is 6.01. The minimum absolute atomic E-state index is 0.0113. The second-order valence-electron chi connectivity index (χ2n) is 6.62. The Morgan fingerprint density at radius 2 is 1.77 bits per heavy atom. The molecule has 0 radical (unpaired) electrons. The fraction of sp³-hybridized carbons (Fsp3) is 0.333. The van der Waals surface area contributed by atoms with Crippen molar-refractivity contribution in [3.8, 4) is 0 Å². The highest BCUT2D eigenvalue weighted by atomic mass is 16.2. The van der Waals surface area contributed by atoms with Crippen molar-refractivity contribution in [3.05, 3.63) is 60.2 Å². The van der Waals surface area contributed by atoms with E-state index in [4.69, 9.17) is 0 Å². The normalized spacial score (nSPS) is 16.8. The minimum atomic E-state index is -0.128. The summed E-state index contributed by atoms with van der Waals surface area (Å²) < 4.78 is 0. The molecule has 0 aliphatic carbocycles. The van der Waals surface area contributed by atoms with Crippen LogP contribution in [0.4, 0.5) is 11.4 Å². The molecule has 1 aliphatic heterocycles. The van der Waals surface area contributed by atoms with Gasteiger partial charge in [0.2, 0.25) is 5.91 Å². The maximum atomic E-state index is 13.2. The first-order valence-electron chi connectivity index (χ1n) is 9.00. The average molecular weight is 351 g/mol. The van der Waals surface area contributed by atoms with E-state index in [0.29, 0.717) is 18.7 Å². The summed E-state index contributed by atoms with van der Waals surface area (Å²) in [6.45, 7) is 1.16. The van der Waals surface area contributed by atoms with Crippen LogP contribution in [0.2, 0.25) is 0 Å². The van der Waals surface area contributed by atoms with Gasteiger partial charge in [0.25, 0.3) is 5.91 Å². The van der Waals surface area contributed by atoms with Gasteiger partial charge in [0.1, 0.15) is 0 Å². The van der Waals surface area contributed by atoms with E-state index in [0.717, 1.165) is 24.2 Å². The SMILES string of the molecule is CNC(=O)C1CCCN(C(=O)c2ccccc2N(C)c2ccccc2)C1. The lowest BCUT2D eigenvalue weighted by Crippen LogP contribution is -2.45. The molecule has 0 aromatic heterocycles. The molecule has 1 fully saturated rings. The van der Waals surface area contributed by atoms with Crippen LogP contribution in [-0.2, 0) is 4.79 Å². The summed E-state index contributed by atoms with van der Waals surface area (Å²) in [5.41, 5.74) is 2.55. The van der Waals surface area contributed by atoms with E-state index in [1.54, 1.807) is 11.9 Å². The predicted molar refractivity (Wildman–Crippen MR) is 104 cm³/mol. The number of nitrogens with zero attached hydrogens (tertiary/aromatic N) is 2. The Labute approximate surface area is 154 Å². The maximum absolute atomic E-state index is 13.2. The second-order valence-corrected chi connectivity index (χ2v) is 6.62. The van der Waals surface area contributed by atoms with Crippen molar-refractivity contribution in [3.63, 3.8) is 0 Å². The van der Waals surface area contributed by atoms with Gasteiger partial charge >= 0.3 is 0 Å². The van der Waals surface area contributed by atoms with Crippen molar-refractivity contribution in [2.75, 3.05) is 32.1 Å². The Kier molecular flexibility index (Phi) is 5.56. The van der Waals surface area contributed by atoms with E-state index in [1.807, 2.05) is 66.5 Å². The summed E-state index contributed by atoms with van der Waals surface area (Å²) >= 11 is 0. The molecular formula is C21H25N3O2. The predicted octanol–water partition coefficient (Wildman–Crippen LogP) is 3.05. The molecule has 1 saturated heterocycles. The summed E-state index contributed by atoms with van der Waals surface area (Å²) in [7, 11) is 3.61. The van der Waals surface area contributed by atoms with Gasteiger partial charge in [-0.2, -0.15) is 0 Å². The van der Waals surface area contributed by atoms with Gasteiger partial charge in [0, 0.05) is 32.9 Å². The number of hydrogen-bond donors (Lipinski definition) is 1. The van der Waals surface area contributed by atoms with E-state index in [2.05, 4.69) is 5.32 Å². The van der Waals surface area contributed by atoms with Gasteiger partial charge in [0.15, 0.2) is 0 Å². The minimum Gasteiger partial charge on any atom is -0.359 e. The summed E-state index contributed by atoms with van der Waals surface area (Å²) in [6.07, 6.45) is 1.68. The molecule has 26 heavy (non-hydrogen) atoms. The number of benzene rings is 2. The first-order valence-corrected chi connectivity index (χ1v) is 9.00. The van der Waals surface area contributed by atoms with Crippen LogP contribution in [-0.4, -0.2) is 43.9 Å². The number of hydrogen-bond acceptors (Lipinski definition) is 3. The quantitative estimate of drug-likeness (QED) is 0.921. The van der Waals surface area contributed by atoms with E-state index in [1.165, 1.54) is 0 Å². The zero-order valence-electron chi connectivity index (χ0n) is 15.3. The number of carbonyl (C=O) groups is 2. The summed E-state index contributed by atoms with van der Waals surface area (Å²) in [4.78, 5) is 29.0. The smallest absolute Gasteiger partial charge is 0.255 e. The van der Waals surface area contributed by atoms with E-state index < -0.39 is 0 Å². The van der Waals surface area contributed by atoms with Crippen LogP contribution in [0.25, 0.3) is 0 Å². The van der Waals surface area contributed by atoms with Gasteiger partial charge in [-0.3, -0.25) is 9.59 Å². The molecule has 1 aliphatic rings.